The molecule has 7 heteroatoms. The van der Waals surface area contributed by atoms with E-state index in [0.717, 1.165) is 5.56 Å². The van der Waals surface area contributed by atoms with Gasteiger partial charge < -0.3 is 19.9 Å². The van der Waals surface area contributed by atoms with Crippen LogP contribution in [0.25, 0.3) is 0 Å². The minimum absolute atomic E-state index is 0.197. The highest BCUT2D eigenvalue weighted by atomic mass is 16.6. The Morgan fingerprint density at radius 1 is 1.11 bits per heavy atom. The van der Waals surface area contributed by atoms with Crippen molar-refractivity contribution in [2.45, 2.75) is 71.1 Å². The van der Waals surface area contributed by atoms with E-state index in [0.29, 0.717) is 19.3 Å². The molecule has 2 N–H and O–H groups in total. The van der Waals surface area contributed by atoms with Crippen molar-refractivity contribution in [2.24, 2.45) is 0 Å². The van der Waals surface area contributed by atoms with Crippen molar-refractivity contribution in [3.63, 3.8) is 0 Å². The smallest absolute Gasteiger partial charge is 0.407 e. The van der Waals surface area contributed by atoms with E-state index in [1.54, 1.807) is 20.8 Å². The van der Waals surface area contributed by atoms with E-state index in [2.05, 4.69) is 5.32 Å². The van der Waals surface area contributed by atoms with Crippen LogP contribution in [0.3, 0.4) is 0 Å². The van der Waals surface area contributed by atoms with Crippen LogP contribution in [0.2, 0.25) is 0 Å². The second kappa shape index (κ2) is 11.2. The Morgan fingerprint density at radius 2 is 1.78 bits per heavy atom. The largest absolute Gasteiger partial charge is 0.481 e. The number of carboxylic acids is 1. The third-order valence-corrected chi connectivity index (χ3v) is 3.57. The number of hydrogen-bond acceptors (Lipinski definition) is 5. The number of carboxylic acid groups (broad SMARTS) is 1. The topological polar surface area (TPSA) is 102 Å². The SMILES string of the molecule is CC(C)(C)OC(=O)N[C@@H](CCCCC(=O)OCc1ccccc1)CC(=O)O. The molecule has 0 radical (unpaired) electrons. The van der Waals surface area contributed by atoms with Gasteiger partial charge in [0.05, 0.1) is 6.42 Å². The van der Waals surface area contributed by atoms with Crippen LogP contribution in [0.5, 0.6) is 0 Å². The average molecular weight is 379 g/mol. The number of rotatable bonds is 10. The first-order chi connectivity index (χ1) is 12.7. The molecule has 7 nitrogen and oxygen atoms in total. The van der Waals surface area contributed by atoms with Crippen molar-refractivity contribution in [1.82, 2.24) is 5.32 Å². The lowest BCUT2D eigenvalue weighted by Gasteiger charge is -2.23. The number of unbranched alkanes of at least 4 members (excludes halogenated alkanes) is 1. The summed E-state index contributed by atoms with van der Waals surface area (Å²) in [5.74, 6) is -1.30. The van der Waals surface area contributed by atoms with E-state index in [9.17, 15) is 14.4 Å². The van der Waals surface area contributed by atoms with Crippen LogP contribution in [-0.2, 0) is 25.7 Å². The summed E-state index contributed by atoms with van der Waals surface area (Å²) in [5, 5.41) is 11.6. The number of carbonyl (C=O) groups is 3. The number of ether oxygens (including phenoxy) is 2. The Hall–Kier alpha value is -2.57. The molecule has 1 rings (SSSR count). The van der Waals surface area contributed by atoms with Crippen LogP contribution >= 0.6 is 0 Å². The molecule has 1 aromatic rings. The van der Waals surface area contributed by atoms with Gasteiger partial charge in [-0.15, -0.1) is 0 Å². The summed E-state index contributed by atoms with van der Waals surface area (Å²) < 4.78 is 10.3. The normalized spacial score (nSPS) is 12.1. The minimum Gasteiger partial charge on any atom is -0.481 e. The Bertz CT molecular complexity index is 609. The van der Waals surface area contributed by atoms with Crippen LogP contribution in [0, 0.1) is 0 Å². The Labute approximate surface area is 160 Å². The number of esters is 1. The average Bonchev–Trinajstić information content (AvgIpc) is 2.55. The van der Waals surface area contributed by atoms with Crippen molar-refractivity contribution < 1.29 is 29.0 Å². The predicted octanol–water partition coefficient (Wildman–Crippen LogP) is 3.66. The predicted molar refractivity (Wildman–Crippen MR) is 100 cm³/mol. The van der Waals surface area contributed by atoms with Gasteiger partial charge in [0.15, 0.2) is 0 Å². The molecular formula is C20H29NO6. The lowest BCUT2D eigenvalue weighted by atomic mass is 10.1. The number of nitrogens with one attached hydrogen (secondary N) is 1. The zero-order chi connectivity index (χ0) is 20.3. The molecule has 0 spiro atoms. The second-order valence-corrected chi connectivity index (χ2v) is 7.33. The second-order valence-electron chi connectivity index (χ2n) is 7.33. The maximum atomic E-state index is 11.8. The Balaban J connectivity index is 2.30. The molecule has 27 heavy (non-hydrogen) atoms. The van der Waals surface area contributed by atoms with Gasteiger partial charge in [0.1, 0.15) is 12.2 Å². The fraction of sp³-hybridized carbons (Fsp3) is 0.550. The zero-order valence-electron chi connectivity index (χ0n) is 16.2. The summed E-state index contributed by atoms with van der Waals surface area (Å²) in [6, 6.07) is 8.87. The highest BCUT2D eigenvalue weighted by Gasteiger charge is 2.21. The van der Waals surface area contributed by atoms with Crippen molar-refractivity contribution in [2.75, 3.05) is 0 Å². The summed E-state index contributed by atoms with van der Waals surface area (Å²) in [4.78, 5) is 34.5. The summed E-state index contributed by atoms with van der Waals surface area (Å²) >= 11 is 0. The van der Waals surface area contributed by atoms with E-state index in [4.69, 9.17) is 14.6 Å². The summed E-state index contributed by atoms with van der Waals surface area (Å²) in [6.45, 7) is 5.45. The van der Waals surface area contributed by atoms with Gasteiger partial charge in [0.25, 0.3) is 0 Å². The molecular weight excluding hydrogens is 350 g/mol. The molecule has 150 valence electrons. The Morgan fingerprint density at radius 3 is 2.37 bits per heavy atom. The van der Waals surface area contributed by atoms with Gasteiger partial charge in [0, 0.05) is 12.5 Å². The monoisotopic (exact) mass is 379 g/mol. The first-order valence-corrected chi connectivity index (χ1v) is 9.06. The molecule has 0 aromatic heterocycles. The fourth-order valence-electron chi connectivity index (χ4n) is 2.38. The number of hydrogen-bond donors (Lipinski definition) is 2. The van der Waals surface area contributed by atoms with E-state index < -0.39 is 23.7 Å². The zero-order valence-corrected chi connectivity index (χ0v) is 16.2. The van der Waals surface area contributed by atoms with Crippen molar-refractivity contribution in [3.05, 3.63) is 35.9 Å². The lowest BCUT2D eigenvalue weighted by Crippen LogP contribution is -2.40. The third-order valence-electron chi connectivity index (χ3n) is 3.57. The fourth-order valence-corrected chi connectivity index (χ4v) is 2.38. The molecule has 0 aliphatic heterocycles. The molecule has 0 aliphatic rings. The van der Waals surface area contributed by atoms with Gasteiger partial charge in [0.2, 0.25) is 0 Å². The van der Waals surface area contributed by atoms with Gasteiger partial charge >= 0.3 is 18.0 Å². The lowest BCUT2D eigenvalue weighted by molar-refractivity contribution is -0.145. The molecule has 0 heterocycles. The molecule has 0 aliphatic carbocycles. The molecule has 0 bridgehead atoms. The van der Waals surface area contributed by atoms with Gasteiger partial charge in [-0.3, -0.25) is 9.59 Å². The molecule has 1 amide bonds. The molecule has 0 saturated carbocycles. The van der Waals surface area contributed by atoms with E-state index in [1.807, 2.05) is 30.3 Å². The number of alkyl carbamates (subject to hydrolysis) is 1. The minimum atomic E-state index is -1.00. The van der Waals surface area contributed by atoms with Crippen LogP contribution < -0.4 is 5.32 Å². The van der Waals surface area contributed by atoms with Crippen LogP contribution in [0.4, 0.5) is 4.79 Å². The van der Waals surface area contributed by atoms with E-state index in [1.165, 1.54) is 0 Å². The first kappa shape index (κ1) is 22.5. The van der Waals surface area contributed by atoms with Crippen LogP contribution in [0.1, 0.15) is 58.4 Å². The number of amides is 1. The third kappa shape index (κ3) is 11.6. The molecule has 0 fully saturated rings. The van der Waals surface area contributed by atoms with Crippen LogP contribution in [0.15, 0.2) is 30.3 Å². The quantitative estimate of drug-likeness (QED) is 0.475. The highest BCUT2D eigenvalue weighted by molar-refractivity contribution is 5.71. The number of benzene rings is 1. The molecule has 0 unspecified atom stereocenters. The van der Waals surface area contributed by atoms with Crippen molar-refractivity contribution in [3.8, 4) is 0 Å². The highest BCUT2D eigenvalue weighted by Crippen LogP contribution is 2.11. The maximum absolute atomic E-state index is 11.8. The standard InChI is InChI=1S/C20H29NO6/c1-20(2,3)27-19(25)21-16(13-17(22)23)11-7-8-12-18(24)26-14-15-9-5-4-6-10-15/h4-6,9-10,16H,7-8,11-14H2,1-3H3,(H,21,25)(H,22,23)/t16-/m0/s1. The van der Waals surface area contributed by atoms with Crippen molar-refractivity contribution in [1.29, 1.82) is 0 Å². The van der Waals surface area contributed by atoms with E-state index >= 15 is 0 Å². The van der Waals surface area contributed by atoms with Gasteiger partial charge in [-0.25, -0.2) is 4.79 Å². The summed E-state index contributed by atoms with van der Waals surface area (Å²) in [6.07, 6.45) is 0.998. The summed E-state index contributed by atoms with van der Waals surface area (Å²) in [7, 11) is 0. The van der Waals surface area contributed by atoms with Gasteiger partial charge in [-0.2, -0.15) is 0 Å². The Kier molecular flexibility index (Phi) is 9.33. The molecule has 1 aromatic carbocycles. The molecule has 1 atom stereocenters. The van der Waals surface area contributed by atoms with Gasteiger partial charge in [-0.1, -0.05) is 36.8 Å². The summed E-state index contributed by atoms with van der Waals surface area (Å²) in [5.41, 5.74) is 0.273. The van der Waals surface area contributed by atoms with Crippen molar-refractivity contribution >= 4 is 18.0 Å². The molecule has 0 saturated heterocycles. The van der Waals surface area contributed by atoms with E-state index in [-0.39, 0.29) is 25.4 Å². The number of carbonyl (C=O) groups excluding carboxylic acids is 2. The van der Waals surface area contributed by atoms with Gasteiger partial charge in [-0.05, 0) is 39.2 Å². The first-order valence-electron chi connectivity index (χ1n) is 9.06. The number of aliphatic carboxylic acids is 1. The maximum Gasteiger partial charge on any atom is 0.407 e. The van der Waals surface area contributed by atoms with Crippen LogP contribution in [-0.4, -0.2) is 34.8 Å².